The minimum atomic E-state index is -3.16. The minimum absolute atomic E-state index is 0.0248. The highest BCUT2D eigenvalue weighted by atomic mass is 32.2. The number of nitrogens with one attached hydrogen (secondary N) is 2. The van der Waals surface area contributed by atoms with Crippen molar-refractivity contribution in [1.82, 2.24) is 10.0 Å². The third kappa shape index (κ3) is 5.31. The number of piperidine rings is 1. The summed E-state index contributed by atoms with van der Waals surface area (Å²) >= 11 is 0. The molecule has 0 bridgehead atoms. The fraction of sp³-hybridized carbons (Fsp3) is 1.00. The van der Waals surface area contributed by atoms with Gasteiger partial charge in [-0.15, -0.1) is 0 Å². The van der Waals surface area contributed by atoms with Crippen LogP contribution in [0.4, 0.5) is 0 Å². The molecule has 1 unspecified atom stereocenters. The van der Waals surface area contributed by atoms with Crippen LogP contribution in [0.5, 0.6) is 0 Å². The number of hydrogen-bond acceptors (Lipinski definition) is 4. The monoisotopic (exact) mass is 304 g/mol. The molecule has 0 aliphatic carbocycles. The molecule has 2 aliphatic heterocycles. The summed E-state index contributed by atoms with van der Waals surface area (Å²) in [7, 11) is -3.16. The Morgan fingerprint density at radius 1 is 1.25 bits per heavy atom. The first-order valence-electron chi connectivity index (χ1n) is 7.71. The number of ether oxygens (including phenoxy) is 1. The summed E-state index contributed by atoms with van der Waals surface area (Å²) in [6.07, 6.45) is 4.50. The van der Waals surface area contributed by atoms with Crippen molar-refractivity contribution in [2.24, 2.45) is 5.92 Å². The zero-order valence-electron chi connectivity index (χ0n) is 12.7. The third-order valence-electron chi connectivity index (χ3n) is 4.30. The van der Waals surface area contributed by atoms with Crippen molar-refractivity contribution in [3.63, 3.8) is 0 Å². The summed E-state index contributed by atoms with van der Waals surface area (Å²) in [6.45, 7) is 6.71. The molecule has 0 saturated carbocycles. The molecule has 0 amide bonds. The van der Waals surface area contributed by atoms with Gasteiger partial charge in [-0.1, -0.05) is 0 Å². The van der Waals surface area contributed by atoms with Gasteiger partial charge in [0.15, 0.2) is 0 Å². The minimum Gasteiger partial charge on any atom is -0.375 e. The van der Waals surface area contributed by atoms with Gasteiger partial charge < -0.3 is 10.1 Å². The molecular formula is C14H28N2O3S. The normalized spacial score (nSPS) is 28.4. The molecule has 0 spiro atoms. The molecule has 2 rings (SSSR count). The van der Waals surface area contributed by atoms with E-state index in [-0.39, 0.29) is 17.4 Å². The van der Waals surface area contributed by atoms with Crippen LogP contribution < -0.4 is 10.0 Å². The van der Waals surface area contributed by atoms with Gasteiger partial charge in [-0.05, 0) is 65.0 Å². The van der Waals surface area contributed by atoms with Gasteiger partial charge in [0.25, 0.3) is 0 Å². The van der Waals surface area contributed by atoms with E-state index in [1.807, 2.05) is 13.8 Å². The van der Waals surface area contributed by atoms with Crippen LogP contribution in [-0.4, -0.2) is 45.5 Å². The maximum Gasteiger partial charge on any atom is 0.211 e. The molecular weight excluding hydrogens is 276 g/mol. The number of hydrogen-bond donors (Lipinski definition) is 2. The Morgan fingerprint density at radius 3 is 2.60 bits per heavy atom. The Hall–Kier alpha value is -0.170. The van der Waals surface area contributed by atoms with E-state index in [0.717, 1.165) is 45.2 Å². The molecule has 0 aromatic heterocycles. The van der Waals surface area contributed by atoms with E-state index < -0.39 is 10.0 Å². The topological polar surface area (TPSA) is 67.4 Å². The van der Waals surface area contributed by atoms with Crippen molar-refractivity contribution < 1.29 is 13.2 Å². The Morgan fingerprint density at radius 2 is 1.95 bits per heavy atom. The second-order valence-electron chi connectivity index (χ2n) is 6.72. The maximum absolute atomic E-state index is 12.2. The SMILES string of the molecule is CC1(C)CC(NS(=O)(=O)CCC2CCNCC2)CCO1. The Labute approximate surface area is 122 Å². The molecule has 118 valence electrons. The van der Waals surface area contributed by atoms with E-state index in [2.05, 4.69) is 10.0 Å². The predicted octanol–water partition coefficient (Wildman–Crippen LogP) is 1.25. The highest BCUT2D eigenvalue weighted by molar-refractivity contribution is 7.89. The van der Waals surface area contributed by atoms with Gasteiger partial charge in [0, 0.05) is 12.6 Å². The van der Waals surface area contributed by atoms with Gasteiger partial charge in [-0.25, -0.2) is 13.1 Å². The van der Waals surface area contributed by atoms with Crippen molar-refractivity contribution >= 4 is 10.0 Å². The number of rotatable bonds is 5. The fourth-order valence-electron chi connectivity index (χ4n) is 3.14. The van der Waals surface area contributed by atoms with Crippen LogP contribution in [0.2, 0.25) is 0 Å². The van der Waals surface area contributed by atoms with Gasteiger partial charge in [0.2, 0.25) is 10.0 Å². The van der Waals surface area contributed by atoms with E-state index in [1.165, 1.54) is 0 Å². The van der Waals surface area contributed by atoms with Crippen molar-refractivity contribution in [3.05, 3.63) is 0 Å². The zero-order valence-corrected chi connectivity index (χ0v) is 13.5. The van der Waals surface area contributed by atoms with Crippen LogP contribution in [0.25, 0.3) is 0 Å². The van der Waals surface area contributed by atoms with Crippen molar-refractivity contribution in [1.29, 1.82) is 0 Å². The van der Waals surface area contributed by atoms with Gasteiger partial charge >= 0.3 is 0 Å². The van der Waals surface area contributed by atoms with Crippen molar-refractivity contribution in [2.75, 3.05) is 25.4 Å². The Balaban J connectivity index is 1.78. The Bertz CT molecular complexity index is 403. The molecule has 0 aromatic carbocycles. The van der Waals surface area contributed by atoms with Crippen LogP contribution in [0.15, 0.2) is 0 Å². The van der Waals surface area contributed by atoms with E-state index in [4.69, 9.17) is 4.74 Å². The summed E-state index contributed by atoms with van der Waals surface area (Å²) in [5.41, 5.74) is -0.222. The molecule has 0 aromatic rings. The molecule has 0 radical (unpaired) electrons. The van der Waals surface area contributed by atoms with Gasteiger partial charge in [0.05, 0.1) is 11.4 Å². The molecule has 2 saturated heterocycles. The average Bonchev–Trinajstić information content (AvgIpc) is 2.36. The molecule has 2 aliphatic rings. The van der Waals surface area contributed by atoms with Crippen LogP contribution in [0, 0.1) is 5.92 Å². The quantitative estimate of drug-likeness (QED) is 0.802. The van der Waals surface area contributed by atoms with Gasteiger partial charge in [-0.2, -0.15) is 0 Å². The Kier molecular flexibility index (Phi) is 5.45. The lowest BCUT2D eigenvalue weighted by Gasteiger charge is -2.35. The summed E-state index contributed by atoms with van der Waals surface area (Å²) in [5.74, 6) is 0.814. The van der Waals surface area contributed by atoms with Crippen LogP contribution in [0.1, 0.15) is 46.0 Å². The summed E-state index contributed by atoms with van der Waals surface area (Å²) < 4.78 is 32.9. The second-order valence-corrected chi connectivity index (χ2v) is 8.59. The third-order valence-corrected chi connectivity index (χ3v) is 5.76. The first-order valence-corrected chi connectivity index (χ1v) is 9.36. The lowest BCUT2D eigenvalue weighted by Crippen LogP contribution is -2.46. The lowest BCUT2D eigenvalue weighted by atomic mass is 9.95. The van der Waals surface area contributed by atoms with E-state index in [9.17, 15) is 8.42 Å². The highest BCUT2D eigenvalue weighted by Gasteiger charge is 2.31. The van der Waals surface area contributed by atoms with Crippen LogP contribution >= 0.6 is 0 Å². The van der Waals surface area contributed by atoms with Gasteiger partial charge in [-0.3, -0.25) is 0 Å². The molecule has 2 N–H and O–H groups in total. The largest absolute Gasteiger partial charge is 0.375 e. The average molecular weight is 304 g/mol. The summed E-state index contributed by atoms with van der Waals surface area (Å²) in [5, 5.41) is 3.31. The molecule has 20 heavy (non-hydrogen) atoms. The highest BCUT2D eigenvalue weighted by Crippen LogP contribution is 2.24. The summed E-state index contributed by atoms with van der Waals surface area (Å²) in [6, 6.07) is 0.0248. The standard InChI is InChI=1S/C14H28N2O3S/c1-14(2)11-13(5-9-19-14)16-20(17,18)10-6-12-3-7-15-8-4-12/h12-13,15-16H,3-11H2,1-2H3. The number of sulfonamides is 1. The fourth-order valence-corrected chi connectivity index (χ4v) is 4.61. The van der Waals surface area contributed by atoms with Crippen molar-refractivity contribution in [2.45, 2.75) is 57.6 Å². The van der Waals surface area contributed by atoms with E-state index >= 15 is 0 Å². The lowest BCUT2D eigenvalue weighted by molar-refractivity contribution is -0.0599. The first kappa shape index (κ1) is 16.2. The van der Waals surface area contributed by atoms with E-state index in [1.54, 1.807) is 0 Å². The first-order chi connectivity index (χ1) is 9.36. The maximum atomic E-state index is 12.2. The molecule has 1 atom stereocenters. The van der Waals surface area contributed by atoms with E-state index in [0.29, 0.717) is 12.5 Å². The summed E-state index contributed by atoms with van der Waals surface area (Å²) in [4.78, 5) is 0. The van der Waals surface area contributed by atoms with Gasteiger partial charge in [0.1, 0.15) is 0 Å². The molecule has 5 nitrogen and oxygen atoms in total. The zero-order chi connectivity index (χ0) is 14.6. The van der Waals surface area contributed by atoms with Crippen LogP contribution in [-0.2, 0) is 14.8 Å². The predicted molar refractivity (Wildman–Crippen MR) is 80.2 cm³/mol. The second kappa shape index (κ2) is 6.73. The molecule has 2 heterocycles. The smallest absolute Gasteiger partial charge is 0.211 e. The molecule has 6 heteroatoms. The van der Waals surface area contributed by atoms with Crippen molar-refractivity contribution in [3.8, 4) is 0 Å². The molecule has 2 fully saturated rings. The van der Waals surface area contributed by atoms with Crippen LogP contribution in [0.3, 0.4) is 0 Å².